The number of H-pyrrole nitrogens is 1. The van der Waals surface area contributed by atoms with Gasteiger partial charge in [0.1, 0.15) is 11.4 Å². The fourth-order valence-electron chi connectivity index (χ4n) is 3.29. The van der Waals surface area contributed by atoms with Crippen molar-refractivity contribution in [1.29, 1.82) is 0 Å². The van der Waals surface area contributed by atoms with E-state index in [1.54, 1.807) is 0 Å². The number of benzene rings is 2. The molecule has 0 bridgehead atoms. The zero-order valence-electron chi connectivity index (χ0n) is 16.0. The van der Waals surface area contributed by atoms with Gasteiger partial charge in [-0.05, 0) is 25.0 Å². The van der Waals surface area contributed by atoms with Crippen molar-refractivity contribution in [2.75, 3.05) is 0 Å². The van der Waals surface area contributed by atoms with Gasteiger partial charge < -0.3 is 4.74 Å². The molecule has 3 aromatic rings. The molecule has 1 aromatic heterocycles. The second-order valence-corrected chi connectivity index (χ2v) is 6.85. The predicted octanol–water partition coefficient (Wildman–Crippen LogP) is 5.58. The minimum Gasteiger partial charge on any atom is -0.371 e. The monoisotopic (exact) mass is 349 g/mol. The van der Waals surface area contributed by atoms with Crippen LogP contribution < -0.4 is 0 Å². The zero-order valence-corrected chi connectivity index (χ0v) is 16.0. The second-order valence-electron chi connectivity index (χ2n) is 6.85. The number of ether oxygens (including phenoxy) is 1. The summed E-state index contributed by atoms with van der Waals surface area (Å²) in [4.78, 5) is 0. The van der Waals surface area contributed by atoms with Crippen molar-refractivity contribution in [3.63, 3.8) is 0 Å². The molecule has 4 heteroatoms. The minimum absolute atomic E-state index is 0.0113. The van der Waals surface area contributed by atoms with Gasteiger partial charge in [0.25, 0.3) is 0 Å². The van der Waals surface area contributed by atoms with Crippen molar-refractivity contribution < 1.29 is 4.74 Å². The molecule has 0 amide bonds. The maximum atomic E-state index is 6.24. The van der Waals surface area contributed by atoms with Gasteiger partial charge in [0, 0.05) is 17.5 Å². The Morgan fingerprint density at radius 1 is 0.962 bits per heavy atom. The van der Waals surface area contributed by atoms with Crippen molar-refractivity contribution in [3.8, 4) is 22.5 Å². The summed E-state index contributed by atoms with van der Waals surface area (Å²) in [6, 6.07) is 16.7. The van der Waals surface area contributed by atoms with Gasteiger partial charge >= 0.3 is 0 Å². The van der Waals surface area contributed by atoms with Crippen molar-refractivity contribution in [2.24, 2.45) is 0 Å². The molecule has 1 heterocycles. The highest BCUT2D eigenvalue weighted by Crippen LogP contribution is 2.40. The molecule has 0 saturated carbocycles. The van der Waals surface area contributed by atoms with Crippen LogP contribution in [0.2, 0.25) is 0 Å². The Kier molecular flexibility index (Phi) is 5.84. The van der Waals surface area contributed by atoms with Crippen LogP contribution in [0.25, 0.3) is 22.5 Å². The normalized spacial score (nSPS) is 15.0. The third-order valence-electron chi connectivity index (χ3n) is 4.22. The lowest BCUT2D eigenvalue weighted by Gasteiger charge is -2.26. The van der Waals surface area contributed by atoms with Crippen LogP contribution in [0.4, 0.5) is 0 Å². The van der Waals surface area contributed by atoms with Crippen LogP contribution in [-0.4, -0.2) is 21.5 Å². The standard InChI is InChI=1S/C19H19N3O.C3H8/c1-12(2)23-17-11-13-7-3-4-8-14(13)18-19(21-22-20-18)16-10-6-5-9-15(16)17;1-3-2/h3-10,12,17H,11H2,1-2H3,(H,20,21,22);3H2,1-2H3. The van der Waals surface area contributed by atoms with E-state index in [0.29, 0.717) is 0 Å². The lowest BCUT2D eigenvalue weighted by molar-refractivity contribution is 0.00717. The quantitative estimate of drug-likeness (QED) is 0.657. The summed E-state index contributed by atoms with van der Waals surface area (Å²) in [7, 11) is 0. The third-order valence-corrected chi connectivity index (χ3v) is 4.22. The van der Waals surface area contributed by atoms with E-state index >= 15 is 0 Å². The SMILES string of the molecule is CC(C)OC1Cc2ccccc2-c2n[nH]nc2-c2ccccc21.CCC. The first kappa shape index (κ1) is 18.3. The van der Waals surface area contributed by atoms with Crippen molar-refractivity contribution in [2.45, 2.75) is 52.7 Å². The number of nitrogens with zero attached hydrogens (tertiary/aromatic N) is 2. The molecule has 1 atom stereocenters. The van der Waals surface area contributed by atoms with Gasteiger partial charge in [-0.3, -0.25) is 0 Å². The summed E-state index contributed by atoms with van der Waals surface area (Å²) in [5, 5.41) is 11.6. The average molecular weight is 349 g/mol. The van der Waals surface area contributed by atoms with Gasteiger partial charge in [-0.15, -0.1) is 0 Å². The van der Waals surface area contributed by atoms with E-state index in [-0.39, 0.29) is 12.2 Å². The first-order valence-electron chi connectivity index (χ1n) is 9.39. The van der Waals surface area contributed by atoms with Crippen LogP contribution in [0.3, 0.4) is 0 Å². The summed E-state index contributed by atoms with van der Waals surface area (Å²) in [5.74, 6) is 0. The van der Waals surface area contributed by atoms with Crippen LogP contribution in [-0.2, 0) is 11.2 Å². The maximum Gasteiger partial charge on any atom is 0.121 e. The molecule has 136 valence electrons. The molecule has 4 nitrogen and oxygen atoms in total. The highest BCUT2D eigenvalue weighted by atomic mass is 16.5. The average Bonchev–Trinajstić information content (AvgIpc) is 3.10. The van der Waals surface area contributed by atoms with E-state index in [1.807, 2.05) is 12.1 Å². The lowest BCUT2D eigenvalue weighted by Crippen LogP contribution is -2.16. The zero-order chi connectivity index (χ0) is 18.5. The molecular formula is C22H27N3O. The van der Waals surface area contributed by atoms with Crippen molar-refractivity contribution >= 4 is 0 Å². The van der Waals surface area contributed by atoms with E-state index in [0.717, 1.165) is 28.9 Å². The van der Waals surface area contributed by atoms with E-state index in [2.05, 4.69) is 79.5 Å². The maximum absolute atomic E-state index is 6.24. The molecule has 4 rings (SSSR count). The van der Waals surface area contributed by atoms with Crippen molar-refractivity contribution in [1.82, 2.24) is 15.4 Å². The summed E-state index contributed by atoms with van der Waals surface area (Å²) in [6.45, 7) is 8.41. The second kappa shape index (κ2) is 8.28. The molecule has 26 heavy (non-hydrogen) atoms. The summed E-state index contributed by atoms with van der Waals surface area (Å²) in [6.07, 6.45) is 2.26. The number of hydrogen-bond donors (Lipinski definition) is 1. The van der Waals surface area contributed by atoms with Crippen LogP contribution in [0.5, 0.6) is 0 Å². The molecule has 1 N–H and O–H groups in total. The Labute approximate surface area is 155 Å². The van der Waals surface area contributed by atoms with E-state index in [1.165, 1.54) is 17.5 Å². The summed E-state index contributed by atoms with van der Waals surface area (Å²) >= 11 is 0. The molecule has 1 aliphatic rings. The van der Waals surface area contributed by atoms with Crippen molar-refractivity contribution in [3.05, 3.63) is 59.7 Å². The van der Waals surface area contributed by atoms with E-state index < -0.39 is 0 Å². The number of aromatic amines is 1. The molecule has 1 aliphatic carbocycles. The molecule has 0 spiro atoms. The van der Waals surface area contributed by atoms with Crippen LogP contribution in [0.1, 0.15) is 51.3 Å². The Hall–Kier alpha value is -2.46. The lowest BCUT2D eigenvalue weighted by atomic mass is 9.87. The third kappa shape index (κ3) is 3.70. The van der Waals surface area contributed by atoms with Gasteiger partial charge in [0.2, 0.25) is 0 Å². The molecule has 1 unspecified atom stereocenters. The Bertz CT molecular complexity index is 854. The summed E-state index contributed by atoms with van der Waals surface area (Å²) < 4.78 is 6.24. The number of fused-ring (bicyclic) bond motifs is 5. The number of nitrogens with one attached hydrogen (secondary N) is 1. The number of rotatable bonds is 2. The van der Waals surface area contributed by atoms with Gasteiger partial charge in [-0.1, -0.05) is 68.8 Å². The highest BCUT2D eigenvalue weighted by Gasteiger charge is 2.27. The van der Waals surface area contributed by atoms with Gasteiger partial charge in [-0.25, -0.2) is 0 Å². The Morgan fingerprint density at radius 3 is 2.23 bits per heavy atom. The van der Waals surface area contributed by atoms with E-state index in [9.17, 15) is 0 Å². The Balaban J connectivity index is 0.000000613. The number of hydrogen-bond acceptors (Lipinski definition) is 3. The molecular weight excluding hydrogens is 322 g/mol. The summed E-state index contributed by atoms with van der Waals surface area (Å²) in [5.41, 5.74) is 6.44. The fourth-order valence-corrected chi connectivity index (χ4v) is 3.29. The van der Waals surface area contributed by atoms with Crippen LogP contribution >= 0.6 is 0 Å². The molecule has 0 saturated heterocycles. The van der Waals surface area contributed by atoms with E-state index in [4.69, 9.17) is 4.74 Å². The molecule has 0 fully saturated rings. The fraction of sp³-hybridized carbons (Fsp3) is 0.364. The molecule has 2 aromatic carbocycles. The molecule has 0 aliphatic heterocycles. The first-order chi connectivity index (χ1) is 12.7. The van der Waals surface area contributed by atoms with Gasteiger partial charge in [0.05, 0.1) is 12.2 Å². The highest BCUT2D eigenvalue weighted by molar-refractivity contribution is 5.81. The van der Waals surface area contributed by atoms with Crippen LogP contribution in [0.15, 0.2) is 48.5 Å². The molecule has 0 radical (unpaired) electrons. The Morgan fingerprint density at radius 2 is 1.54 bits per heavy atom. The topological polar surface area (TPSA) is 50.8 Å². The first-order valence-corrected chi connectivity index (χ1v) is 9.39. The minimum atomic E-state index is 0.0113. The predicted molar refractivity (Wildman–Crippen MR) is 106 cm³/mol. The van der Waals surface area contributed by atoms with Gasteiger partial charge in [0.15, 0.2) is 0 Å². The van der Waals surface area contributed by atoms with Gasteiger partial charge in [-0.2, -0.15) is 15.4 Å². The smallest absolute Gasteiger partial charge is 0.121 e. The van der Waals surface area contributed by atoms with Crippen LogP contribution in [0, 0.1) is 0 Å². The number of aromatic nitrogens is 3. The largest absolute Gasteiger partial charge is 0.371 e.